The molecule has 2 fully saturated rings. The maximum Gasteiger partial charge on any atom is 0.325 e. The average Bonchev–Trinajstić information content (AvgIpc) is 3.13. The summed E-state index contributed by atoms with van der Waals surface area (Å²) in [5.41, 5.74) is 1.96. The summed E-state index contributed by atoms with van der Waals surface area (Å²) in [5.74, 6) is 0.0271. The Kier molecular flexibility index (Phi) is 5.16. The minimum absolute atomic E-state index is 0.609. The number of benzene rings is 1. The summed E-state index contributed by atoms with van der Waals surface area (Å²) < 4.78 is 5.77. The molecule has 3 heterocycles. The van der Waals surface area contributed by atoms with Gasteiger partial charge in [-0.15, -0.1) is 0 Å². The quantitative estimate of drug-likeness (QED) is 0.878. The van der Waals surface area contributed by atoms with E-state index in [1.165, 1.54) is 12.8 Å². The second kappa shape index (κ2) is 7.55. The average molecular weight is 359 g/mol. The molecule has 26 heavy (non-hydrogen) atoms. The minimum atomic E-state index is -0.776. The topological polar surface area (TPSA) is 56.2 Å². The molecule has 1 aromatic rings. The van der Waals surface area contributed by atoms with E-state index in [0.717, 1.165) is 62.6 Å². The fourth-order valence-corrected chi connectivity index (χ4v) is 4.66. The number of fused-ring (bicyclic) bond motifs is 1. The van der Waals surface area contributed by atoms with Gasteiger partial charge < -0.3 is 14.7 Å². The predicted octanol–water partition coefficient (Wildman–Crippen LogP) is 1.46. The van der Waals surface area contributed by atoms with Crippen molar-refractivity contribution in [1.82, 2.24) is 14.7 Å². The van der Waals surface area contributed by atoms with Crippen LogP contribution >= 0.6 is 0 Å². The van der Waals surface area contributed by atoms with E-state index >= 15 is 0 Å². The number of hydrogen-bond donors (Lipinski definition) is 1. The molecular formula is C20H29N3O3. The molecule has 1 N–H and O–H groups in total. The van der Waals surface area contributed by atoms with Crippen molar-refractivity contribution >= 4 is 5.97 Å². The highest BCUT2D eigenvalue weighted by Crippen LogP contribution is 2.36. The summed E-state index contributed by atoms with van der Waals surface area (Å²) in [6.45, 7) is 6.48. The first kappa shape index (κ1) is 17.8. The molecule has 1 unspecified atom stereocenters. The second-order valence-electron chi connectivity index (χ2n) is 7.78. The molecular weight excluding hydrogens is 330 g/mol. The Labute approximate surface area is 155 Å². The zero-order chi connectivity index (χ0) is 18.1. The van der Waals surface area contributed by atoms with E-state index < -0.39 is 12.0 Å². The summed E-state index contributed by atoms with van der Waals surface area (Å²) in [7, 11) is 2.19. The Hall–Kier alpha value is -1.63. The van der Waals surface area contributed by atoms with Crippen LogP contribution in [0.5, 0.6) is 5.75 Å². The first-order chi connectivity index (χ1) is 12.6. The van der Waals surface area contributed by atoms with Crippen LogP contribution in [0.1, 0.15) is 30.0 Å². The van der Waals surface area contributed by atoms with Crippen LogP contribution in [0.25, 0.3) is 0 Å². The van der Waals surface area contributed by atoms with Crippen LogP contribution in [-0.2, 0) is 11.2 Å². The Morgan fingerprint density at radius 2 is 1.88 bits per heavy atom. The highest BCUT2D eigenvalue weighted by molar-refractivity contribution is 5.77. The van der Waals surface area contributed by atoms with Crippen LogP contribution in [0.4, 0.5) is 0 Å². The van der Waals surface area contributed by atoms with Crippen LogP contribution < -0.4 is 4.74 Å². The highest BCUT2D eigenvalue weighted by Gasteiger charge is 2.35. The Bertz CT molecular complexity index is 650. The molecule has 142 valence electrons. The fourth-order valence-electron chi connectivity index (χ4n) is 4.66. The van der Waals surface area contributed by atoms with Crippen LogP contribution in [-0.4, -0.2) is 84.7 Å². The van der Waals surface area contributed by atoms with Crippen molar-refractivity contribution in [2.24, 2.45) is 0 Å². The van der Waals surface area contributed by atoms with Gasteiger partial charge in [0.2, 0.25) is 0 Å². The minimum Gasteiger partial charge on any atom is -0.493 e. The summed E-state index contributed by atoms with van der Waals surface area (Å²) in [6.07, 6.45) is 3.32. The van der Waals surface area contributed by atoms with Crippen molar-refractivity contribution in [3.05, 3.63) is 29.3 Å². The summed E-state index contributed by atoms with van der Waals surface area (Å²) in [4.78, 5) is 19.2. The number of rotatable bonds is 4. The Morgan fingerprint density at radius 3 is 2.58 bits per heavy atom. The lowest BCUT2D eigenvalue weighted by molar-refractivity contribution is -0.144. The van der Waals surface area contributed by atoms with Crippen molar-refractivity contribution in [2.75, 3.05) is 52.9 Å². The number of piperazine rings is 1. The van der Waals surface area contributed by atoms with Gasteiger partial charge >= 0.3 is 5.97 Å². The third-order valence-corrected chi connectivity index (χ3v) is 6.19. The zero-order valence-corrected chi connectivity index (χ0v) is 15.6. The summed E-state index contributed by atoms with van der Waals surface area (Å²) in [5, 5.41) is 9.94. The summed E-state index contributed by atoms with van der Waals surface area (Å²) in [6, 6.07) is 5.98. The molecule has 0 saturated carbocycles. The van der Waals surface area contributed by atoms with Gasteiger partial charge in [-0.2, -0.15) is 0 Å². The van der Waals surface area contributed by atoms with E-state index in [0.29, 0.717) is 12.6 Å². The highest BCUT2D eigenvalue weighted by atomic mass is 16.5. The predicted molar refractivity (Wildman–Crippen MR) is 99.7 cm³/mol. The molecule has 6 heteroatoms. The number of likely N-dealkylation sites (tertiary alicyclic amines) is 1. The number of nitrogens with zero attached hydrogens (tertiary/aromatic N) is 3. The van der Waals surface area contributed by atoms with Gasteiger partial charge in [0.15, 0.2) is 0 Å². The molecule has 0 aliphatic carbocycles. The lowest BCUT2D eigenvalue weighted by atomic mass is 9.99. The first-order valence-corrected chi connectivity index (χ1v) is 9.77. The van der Waals surface area contributed by atoms with E-state index in [9.17, 15) is 9.90 Å². The molecule has 1 aromatic carbocycles. The maximum atomic E-state index is 12.1. The first-order valence-electron chi connectivity index (χ1n) is 9.77. The maximum absolute atomic E-state index is 12.1. The van der Waals surface area contributed by atoms with Crippen LogP contribution in [0.2, 0.25) is 0 Å². The van der Waals surface area contributed by atoms with Crippen molar-refractivity contribution in [1.29, 1.82) is 0 Å². The largest absolute Gasteiger partial charge is 0.493 e. The lowest BCUT2D eigenvalue weighted by Gasteiger charge is -2.43. The smallest absolute Gasteiger partial charge is 0.325 e. The summed E-state index contributed by atoms with van der Waals surface area (Å²) >= 11 is 0. The van der Waals surface area contributed by atoms with Crippen LogP contribution in [0, 0.1) is 0 Å². The molecule has 0 radical (unpaired) electrons. The molecule has 3 aliphatic rings. The van der Waals surface area contributed by atoms with E-state index in [-0.39, 0.29) is 0 Å². The normalized spacial score (nSPS) is 24.2. The molecule has 0 spiro atoms. The fraction of sp³-hybridized carbons (Fsp3) is 0.650. The van der Waals surface area contributed by atoms with E-state index in [1.54, 1.807) is 0 Å². The molecule has 0 bridgehead atoms. The van der Waals surface area contributed by atoms with Gasteiger partial charge in [-0.1, -0.05) is 18.2 Å². The third kappa shape index (κ3) is 3.46. The standard InChI is InChI=1S/C20H29N3O3/c1-21-8-5-16(6-9-21)22-10-12-23(13-11-22)18(20(24)25)17-4-2-3-15-7-14-26-19(15)17/h2-4,16,18H,5-14H2,1H3,(H,24,25). The van der Waals surface area contributed by atoms with E-state index in [4.69, 9.17) is 4.74 Å². The van der Waals surface area contributed by atoms with Gasteiger partial charge in [0.25, 0.3) is 0 Å². The number of hydrogen-bond acceptors (Lipinski definition) is 5. The number of ether oxygens (including phenoxy) is 1. The van der Waals surface area contributed by atoms with Crippen molar-refractivity contribution in [3.63, 3.8) is 0 Å². The zero-order valence-electron chi connectivity index (χ0n) is 15.6. The SMILES string of the molecule is CN1CCC(N2CCN(C(C(=O)O)c3cccc4c3OCC4)CC2)CC1. The lowest BCUT2D eigenvalue weighted by Crippen LogP contribution is -2.54. The molecule has 1 atom stereocenters. The van der Waals surface area contributed by atoms with Crippen molar-refractivity contribution in [3.8, 4) is 5.75 Å². The third-order valence-electron chi connectivity index (χ3n) is 6.19. The number of aliphatic carboxylic acids is 1. The molecule has 2 saturated heterocycles. The molecule has 6 nitrogen and oxygen atoms in total. The van der Waals surface area contributed by atoms with Gasteiger partial charge in [0.05, 0.1) is 6.61 Å². The number of carboxylic acid groups (broad SMARTS) is 1. The van der Waals surface area contributed by atoms with Crippen molar-refractivity contribution in [2.45, 2.75) is 31.3 Å². The molecule has 4 rings (SSSR count). The monoisotopic (exact) mass is 359 g/mol. The Morgan fingerprint density at radius 1 is 1.15 bits per heavy atom. The number of para-hydroxylation sites is 1. The number of carbonyl (C=O) groups is 1. The van der Waals surface area contributed by atoms with Gasteiger partial charge in [-0.3, -0.25) is 14.6 Å². The number of piperidine rings is 1. The van der Waals surface area contributed by atoms with Crippen LogP contribution in [0.15, 0.2) is 18.2 Å². The second-order valence-corrected chi connectivity index (χ2v) is 7.78. The van der Waals surface area contributed by atoms with E-state index in [1.807, 2.05) is 18.2 Å². The Balaban J connectivity index is 1.45. The van der Waals surface area contributed by atoms with Gasteiger partial charge in [0.1, 0.15) is 11.8 Å². The van der Waals surface area contributed by atoms with Gasteiger partial charge in [0, 0.05) is 44.2 Å². The molecule has 0 aromatic heterocycles. The van der Waals surface area contributed by atoms with Crippen molar-refractivity contribution < 1.29 is 14.6 Å². The van der Waals surface area contributed by atoms with Gasteiger partial charge in [-0.05, 0) is 38.5 Å². The molecule has 0 amide bonds. The number of carboxylic acids is 1. The van der Waals surface area contributed by atoms with Gasteiger partial charge in [-0.25, -0.2) is 0 Å². The van der Waals surface area contributed by atoms with E-state index in [2.05, 4.69) is 21.7 Å². The molecule has 3 aliphatic heterocycles. The van der Waals surface area contributed by atoms with Crippen LogP contribution in [0.3, 0.4) is 0 Å².